The van der Waals surface area contributed by atoms with Crippen LogP contribution in [0.4, 0.5) is 10.1 Å². The Bertz CT molecular complexity index is 1320. The standard InChI is InChI=1S/C22H24FNO.C8H11N.C7H17N/c1-14(11-20-7-8-22(23)12-15(20)2)17(4)18(5)24-10-9-21(19(6)25)13-16(24)3;1-2-7-4-3-5-8(9)6-7;1-3-5-6-7(8)4-2/h7-13H,3H2,1-2,4-6H3;3-6H,2,9H2,1H3;7H,3-6,8H2,1-2H3/b14-11+,18-17+;;. The molecule has 0 saturated heterocycles. The zero-order valence-electron chi connectivity index (χ0n) is 27.1. The maximum atomic E-state index is 13.3. The SMILES string of the molecule is C=C1C=C(C(C)=O)C=CN1/C(C)=C(C)/C(C)=C/c1ccc(F)cc1C.CCCCC(N)CC.CCc1cccc(N)c1. The topological polar surface area (TPSA) is 72.3 Å². The van der Waals surface area contributed by atoms with Crippen molar-refractivity contribution in [1.82, 2.24) is 4.90 Å². The summed E-state index contributed by atoms with van der Waals surface area (Å²) in [5.41, 5.74) is 19.9. The number of nitrogen functional groups attached to an aromatic ring is 1. The molecule has 0 aromatic heterocycles. The van der Waals surface area contributed by atoms with Crippen molar-refractivity contribution in [2.45, 2.75) is 93.5 Å². The van der Waals surface area contributed by atoms with Gasteiger partial charge >= 0.3 is 0 Å². The van der Waals surface area contributed by atoms with Gasteiger partial charge in [-0.1, -0.05) is 64.5 Å². The first-order chi connectivity index (χ1) is 19.8. The molecule has 1 aliphatic heterocycles. The molecule has 0 aliphatic carbocycles. The van der Waals surface area contributed by atoms with Crippen molar-refractivity contribution in [2.75, 3.05) is 5.73 Å². The van der Waals surface area contributed by atoms with E-state index in [-0.39, 0.29) is 11.6 Å². The normalized spacial score (nSPS) is 14.1. The molecule has 1 heterocycles. The molecule has 1 aliphatic rings. The lowest BCUT2D eigenvalue weighted by Gasteiger charge is -2.27. The van der Waals surface area contributed by atoms with Crippen molar-refractivity contribution in [3.63, 3.8) is 0 Å². The third-order valence-corrected chi connectivity index (χ3v) is 7.35. The first kappa shape index (κ1) is 36.3. The molecule has 0 saturated carbocycles. The van der Waals surface area contributed by atoms with E-state index in [1.54, 1.807) is 25.1 Å². The summed E-state index contributed by atoms with van der Waals surface area (Å²) >= 11 is 0. The van der Waals surface area contributed by atoms with Crippen LogP contribution in [0.1, 0.15) is 90.8 Å². The molecule has 0 fully saturated rings. The van der Waals surface area contributed by atoms with Crippen molar-refractivity contribution in [3.8, 4) is 0 Å². The van der Waals surface area contributed by atoms with E-state index in [9.17, 15) is 9.18 Å². The highest BCUT2D eigenvalue weighted by Crippen LogP contribution is 2.27. The molecule has 228 valence electrons. The predicted octanol–water partition coefficient (Wildman–Crippen LogP) is 9.43. The van der Waals surface area contributed by atoms with Gasteiger partial charge in [0.15, 0.2) is 5.78 Å². The number of benzene rings is 2. The average Bonchev–Trinajstić information content (AvgIpc) is 2.97. The molecule has 2 aromatic rings. The molecule has 0 radical (unpaired) electrons. The molecular weight excluding hydrogens is 521 g/mol. The second kappa shape index (κ2) is 18.7. The molecular formula is C37H52FN3O. The third-order valence-electron chi connectivity index (χ3n) is 7.35. The summed E-state index contributed by atoms with van der Waals surface area (Å²) < 4.78 is 13.3. The molecule has 3 rings (SSSR count). The second-order valence-corrected chi connectivity index (χ2v) is 10.8. The minimum atomic E-state index is -0.224. The summed E-state index contributed by atoms with van der Waals surface area (Å²) in [4.78, 5) is 13.5. The van der Waals surface area contributed by atoms with Gasteiger partial charge in [0.25, 0.3) is 0 Å². The highest BCUT2D eigenvalue weighted by atomic mass is 19.1. The van der Waals surface area contributed by atoms with Crippen molar-refractivity contribution >= 4 is 17.5 Å². The van der Waals surface area contributed by atoms with Crippen LogP contribution in [0.5, 0.6) is 0 Å². The van der Waals surface area contributed by atoms with Gasteiger partial charge in [-0.15, -0.1) is 0 Å². The van der Waals surface area contributed by atoms with Crippen LogP contribution >= 0.6 is 0 Å². The number of hydrogen-bond acceptors (Lipinski definition) is 4. The second-order valence-electron chi connectivity index (χ2n) is 10.8. The van der Waals surface area contributed by atoms with Crippen LogP contribution in [-0.2, 0) is 11.2 Å². The summed E-state index contributed by atoms with van der Waals surface area (Å²) in [6, 6.07) is 13.2. The molecule has 0 spiro atoms. The zero-order chi connectivity index (χ0) is 31.8. The van der Waals surface area contributed by atoms with E-state index in [2.05, 4.69) is 39.5 Å². The van der Waals surface area contributed by atoms with Crippen molar-refractivity contribution in [2.24, 2.45) is 5.73 Å². The van der Waals surface area contributed by atoms with Crippen LogP contribution in [0.15, 0.2) is 95.5 Å². The maximum absolute atomic E-state index is 13.3. The van der Waals surface area contributed by atoms with Crippen molar-refractivity contribution < 1.29 is 9.18 Å². The van der Waals surface area contributed by atoms with E-state index in [1.807, 2.05) is 57.0 Å². The van der Waals surface area contributed by atoms with Crippen LogP contribution < -0.4 is 11.5 Å². The first-order valence-electron chi connectivity index (χ1n) is 15.0. The van der Waals surface area contributed by atoms with Gasteiger partial charge < -0.3 is 16.4 Å². The van der Waals surface area contributed by atoms with Crippen molar-refractivity contribution in [3.05, 3.63) is 118 Å². The van der Waals surface area contributed by atoms with Gasteiger partial charge in [0.05, 0.1) is 0 Å². The number of ketones is 1. The molecule has 5 heteroatoms. The van der Waals surface area contributed by atoms with Gasteiger partial charge in [-0.05, 0) is 118 Å². The molecule has 42 heavy (non-hydrogen) atoms. The number of aryl methyl sites for hydroxylation is 2. The van der Waals surface area contributed by atoms with Gasteiger partial charge in [-0.25, -0.2) is 4.39 Å². The Hall–Kier alpha value is -3.70. The Kier molecular flexibility index (Phi) is 16.2. The molecule has 0 amide bonds. The van der Waals surface area contributed by atoms with Crippen LogP contribution in [-0.4, -0.2) is 16.7 Å². The Morgan fingerprint density at radius 1 is 1.07 bits per heavy atom. The average molecular weight is 574 g/mol. The van der Waals surface area contributed by atoms with E-state index in [1.165, 1.54) is 37.0 Å². The number of nitrogens with two attached hydrogens (primary N) is 2. The van der Waals surface area contributed by atoms with Gasteiger partial charge in [-0.2, -0.15) is 0 Å². The number of Topliss-reactive ketones (excluding diaryl/α,β-unsaturated/α-hetero) is 1. The summed E-state index contributed by atoms with van der Waals surface area (Å²) in [7, 11) is 0. The number of allylic oxidation sites excluding steroid dienone is 6. The van der Waals surface area contributed by atoms with Gasteiger partial charge in [0.1, 0.15) is 5.82 Å². The highest BCUT2D eigenvalue weighted by Gasteiger charge is 2.15. The Morgan fingerprint density at radius 3 is 2.26 bits per heavy atom. The van der Waals surface area contributed by atoms with E-state index >= 15 is 0 Å². The summed E-state index contributed by atoms with van der Waals surface area (Å²) in [5, 5.41) is 0. The first-order valence-corrected chi connectivity index (χ1v) is 15.0. The quantitative estimate of drug-likeness (QED) is 0.231. The molecule has 1 atom stereocenters. The zero-order valence-corrected chi connectivity index (χ0v) is 27.1. The van der Waals surface area contributed by atoms with Crippen LogP contribution in [0.3, 0.4) is 0 Å². The fourth-order valence-corrected chi connectivity index (χ4v) is 4.19. The lowest BCUT2D eigenvalue weighted by atomic mass is 10.0. The number of carbonyl (C=O) groups excluding carboxylic acids is 1. The minimum absolute atomic E-state index is 0.0262. The molecule has 4 nitrogen and oxygen atoms in total. The third kappa shape index (κ3) is 12.4. The lowest BCUT2D eigenvalue weighted by Crippen LogP contribution is -2.18. The number of halogens is 1. The molecule has 1 unspecified atom stereocenters. The number of anilines is 1. The Labute approximate surface area is 254 Å². The Balaban J connectivity index is 0.000000422. The van der Waals surface area contributed by atoms with Crippen LogP contribution in [0, 0.1) is 12.7 Å². The lowest BCUT2D eigenvalue weighted by molar-refractivity contribution is -0.113. The largest absolute Gasteiger partial charge is 0.399 e. The summed E-state index contributed by atoms with van der Waals surface area (Å²) in [6.07, 6.45) is 13.5. The summed E-state index contributed by atoms with van der Waals surface area (Å²) in [6.45, 7) is 20.1. The van der Waals surface area contributed by atoms with E-state index in [0.29, 0.717) is 11.6 Å². The molecule has 4 N–H and O–H groups in total. The van der Waals surface area contributed by atoms with Crippen LogP contribution in [0.25, 0.3) is 6.08 Å². The molecule has 2 aromatic carbocycles. The monoisotopic (exact) mass is 573 g/mol. The van der Waals surface area contributed by atoms with Crippen molar-refractivity contribution in [1.29, 1.82) is 0 Å². The van der Waals surface area contributed by atoms with Crippen LogP contribution in [0.2, 0.25) is 0 Å². The van der Waals surface area contributed by atoms with E-state index in [4.69, 9.17) is 11.5 Å². The van der Waals surface area contributed by atoms with E-state index in [0.717, 1.165) is 52.2 Å². The number of nitrogens with zero attached hydrogens (tertiary/aromatic N) is 1. The highest BCUT2D eigenvalue weighted by molar-refractivity contribution is 5.96. The summed E-state index contributed by atoms with van der Waals surface area (Å²) in [5.74, 6) is -0.197. The smallest absolute Gasteiger partial charge is 0.159 e. The number of rotatable bonds is 9. The minimum Gasteiger partial charge on any atom is -0.399 e. The fourth-order valence-electron chi connectivity index (χ4n) is 4.19. The van der Waals surface area contributed by atoms with Gasteiger partial charge in [0.2, 0.25) is 0 Å². The number of carbonyl (C=O) groups is 1. The number of unbranched alkanes of at least 4 members (excludes halogenated alkanes) is 1. The predicted molar refractivity (Wildman–Crippen MR) is 180 cm³/mol. The van der Waals surface area contributed by atoms with E-state index < -0.39 is 0 Å². The van der Waals surface area contributed by atoms with Gasteiger partial charge in [-0.3, -0.25) is 4.79 Å². The Morgan fingerprint density at radius 2 is 1.76 bits per heavy atom. The molecule has 0 bridgehead atoms. The number of hydrogen-bond donors (Lipinski definition) is 2. The van der Waals surface area contributed by atoms with Gasteiger partial charge in [0, 0.05) is 34.9 Å². The maximum Gasteiger partial charge on any atom is 0.159 e. The fraction of sp³-hybridized carbons (Fsp3) is 0.378.